The summed E-state index contributed by atoms with van der Waals surface area (Å²) in [5.41, 5.74) is 3.50. The number of nitrogens with zero attached hydrogens (tertiary/aromatic N) is 2. The molecule has 0 amide bonds. The molecule has 2 atom stereocenters. The maximum Gasteiger partial charge on any atom is 0.120 e. The average Bonchev–Trinajstić information content (AvgIpc) is 3.18. The summed E-state index contributed by atoms with van der Waals surface area (Å²) in [6, 6.07) is 16.6. The molecule has 1 fully saturated rings. The highest BCUT2D eigenvalue weighted by molar-refractivity contribution is 5.83. The number of benzene rings is 2. The summed E-state index contributed by atoms with van der Waals surface area (Å²) >= 11 is 0. The van der Waals surface area contributed by atoms with Gasteiger partial charge in [-0.2, -0.15) is 0 Å². The van der Waals surface area contributed by atoms with E-state index in [-0.39, 0.29) is 6.04 Å². The van der Waals surface area contributed by atoms with Crippen LogP contribution in [0.2, 0.25) is 0 Å². The van der Waals surface area contributed by atoms with E-state index in [1.165, 1.54) is 16.6 Å². The number of hydrogen-bond donors (Lipinski definition) is 2. The van der Waals surface area contributed by atoms with Gasteiger partial charge in [-0.05, 0) is 36.8 Å². The number of piperazine rings is 1. The average molecular weight is 365 g/mol. The number of aromatic nitrogens is 1. The molecule has 2 unspecified atom stereocenters. The number of methoxy groups -OCH3 is 1. The second kappa shape index (κ2) is 7.62. The van der Waals surface area contributed by atoms with E-state index < -0.39 is 6.10 Å². The van der Waals surface area contributed by atoms with Gasteiger partial charge in [-0.25, -0.2) is 0 Å². The SMILES string of the molecule is COc1cccc(N2CCN(C(c3cccc4[nH]ccc34)C(C)O)CC2)c1. The first-order valence-corrected chi connectivity index (χ1v) is 9.54. The van der Waals surface area contributed by atoms with Crippen molar-refractivity contribution < 1.29 is 9.84 Å². The van der Waals surface area contributed by atoms with E-state index in [1.54, 1.807) is 7.11 Å². The molecule has 0 radical (unpaired) electrons. The van der Waals surface area contributed by atoms with Gasteiger partial charge in [-0.1, -0.05) is 18.2 Å². The van der Waals surface area contributed by atoms with Crippen molar-refractivity contribution >= 4 is 16.6 Å². The van der Waals surface area contributed by atoms with Crippen molar-refractivity contribution in [3.63, 3.8) is 0 Å². The van der Waals surface area contributed by atoms with Gasteiger partial charge < -0.3 is 19.7 Å². The molecule has 1 saturated heterocycles. The lowest BCUT2D eigenvalue weighted by Crippen LogP contribution is -2.49. The van der Waals surface area contributed by atoms with Gasteiger partial charge in [0, 0.05) is 55.0 Å². The molecule has 0 aliphatic carbocycles. The molecular formula is C22H27N3O2. The number of anilines is 1. The number of H-pyrrole nitrogens is 1. The number of ether oxygens (including phenoxy) is 1. The van der Waals surface area contributed by atoms with Gasteiger partial charge in [0.2, 0.25) is 0 Å². The predicted molar refractivity (Wildman–Crippen MR) is 110 cm³/mol. The quantitative estimate of drug-likeness (QED) is 0.727. The van der Waals surface area contributed by atoms with Crippen molar-refractivity contribution in [2.24, 2.45) is 0 Å². The molecule has 0 spiro atoms. The Bertz CT molecular complexity index is 897. The number of rotatable bonds is 5. The largest absolute Gasteiger partial charge is 0.497 e. The van der Waals surface area contributed by atoms with Crippen LogP contribution in [0.15, 0.2) is 54.7 Å². The molecule has 2 aromatic carbocycles. The topological polar surface area (TPSA) is 51.7 Å². The minimum absolute atomic E-state index is 0.00282. The normalized spacial score (nSPS) is 17.8. The smallest absolute Gasteiger partial charge is 0.120 e. The Morgan fingerprint density at radius 1 is 1.04 bits per heavy atom. The molecular weight excluding hydrogens is 338 g/mol. The summed E-state index contributed by atoms with van der Waals surface area (Å²) in [7, 11) is 1.70. The Kier molecular flexibility index (Phi) is 5.05. The van der Waals surface area contributed by atoms with Crippen molar-refractivity contribution in [2.75, 3.05) is 38.2 Å². The maximum absolute atomic E-state index is 10.6. The summed E-state index contributed by atoms with van der Waals surface area (Å²) in [4.78, 5) is 8.07. The van der Waals surface area contributed by atoms with Crippen LogP contribution in [0.25, 0.3) is 10.9 Å². The molecule has 27 heavy (non-hydrogen) atoms. The fourth-order valence-electron chi connectivity index (χ4n) is 4.19. The van der Waals surface area contributed by atoms with Crippen LogP contribution in [0.5, 0.6) is 5.75 Å². The molecule has 142 valence electrons. The fourth-order valence-corrected chi connectivity index (χ4v) is 4.19. The molecule has 1 aliphatic heterocycles. The Morgan fingerprint density at radius 3 is 2.56 bits per heavy atom. The van der Waals surface area contributed by atoms with Crippen LogP contribution >= 0.6 is 0 Å². The summed E-state index contributed by atoms with van der Waals surface area (Å²) in [6.07, 6.45) is 1.53. The second-order valence-corrected chi connectivity index (χ2v) is 7.20. The predicted octanol–water partition coefficient (Wildman–Crippen LogP) is 3.42. The molecule has 4 rings (SSSR count). The standard InChI is InChI=1S/C22H27N3O2/c1-16(26)22(20-7-4-8-21-19(20)9-10-23-21)25-13-11-24(12-14-25)17-5-3-6-18(15-17)27-2/h3-10,15-16,22-23,26H,11-14H2,1-2H3. The van der Waals surface area contributed by atoms with Crippen LogP contribution in [-0.2, 0) is 0 Å². The van der Waals surface area contributed by atoms with Gasteiger partial charge >= 0.3 is 0 Å². The Hall–Kier alpha value is -2.50. The molecule has 1 aromatic heterocycles. The van der Waals surface area contributed by atoms with Crippen LogP contribution < -0.4 is 9.64 Å². The van der Waals surface area contributed by atoms with Crippen LogP contribution in [0.4, 0.5) is 5.69 Å². The zero-order chi connectivity index (χ0) is 18.8. The third-order valence-electron chi connectivity index (χ3n) is 5.53. The molecule has 2 N–H and O–H groups in total. The van der Waals surface area contributed by atoms with E-state index in [0.29, 0.717) is 0 Å². The summed E-state index contributed by atoms with van der Waals surface area (Å²) in [6.45, 7) is 5.57. The molecule has 0 saturated carbocycles. The van der Waals surface area contributed by atoms with Crippen molar-refractivity contribution in [3.05, 3.63) is 60.3 Å². The van der Waals surface area contributed by atoms with Gasteiger partial charge in [0.25, 0.3) is 0 Å². The van der Waals surface area contributed by atoms with E-state index in [0.717, 1.165) is 37.4 Å². The van der Waals surface area contributed by atoms with Crippen molar-refractivity contribution in [2.45, 2.75) is 19.1 Å². The number of aromatic amines is 1. The summed E-state index contributed by atoms with van der Waals surface area (Å²) in [5, 5.41) is 11.8. The lowest BCUT2D eigenvalue weighted by atomic mass is 9.96. The summed E-state index contributed by atoms with van der Waals surface area (Å²) in [5.74, 6) is 0.885. The van der Waals surface area contributed by atoms with Gasteiger partial charge in [-0.15, -0.1) is 0 Å². The molecule has 5 heteroatoms. The molecule has 2 heterocycles. The third-order valence-corrected chi connectivity index (χ3v) is 5.53. The Balaban J connectivity index is 1.54. The maximum atomic E-state index is 10.6. The van der Waals surface area contributed by atoms with E-state index in [1.807, 2.05) is 25.3 Å². The fraction of sp³-hybridized carbons (Fsp3) is 0.364. The van der Waals surface area contributed by atoms with Crippen molar-refractivity contribution in [1.29, 1.82) is 0 Å². The molecule has 5 nitrogen and oxygen atoms in total. The van der Waals surface area contributed by atoms with E-state index in [9.17, 15) is 5.11 Å². The first-order valence-electron chi connectivity index (χ1n) is 9.54. The van der Waals surface area contributed by atoms with Crippen LogP contribution in [0, 0.1) is 0 Å². The summed E-state index contributed by atoms with van der Waals surface area (Å²) < 4.78 is 5.35. The highest BCUT2D eigenvalue weighted by Gasteiger charge is 2.29. The van der Waals surface area contributed by atoms with Crippen molar-refractivity contribution in [3.8, 4) is 5.75 Å². The zero-order valence-electron chi connectivity index (χ0n) is 15.9. The van der Waals surface area contributed by atoms with Gasteiger partial charge in [0.15, 0.2) is 0 Å². The number of aliphatic hydroxyl groups excluding tert-OH is 1. The minimum Gasteiger partial charge on any atom is -0.497 e. The highest BCUT2D eigenvalue weighted by Crippen LogP contribution is 2.32. The Labute approximate surface area is 160 Å². The van der Waals surface area contributed by atoms with Gasteiger partial charge in [0.1, 0.15) is 5.75 Å². The van der Waals surface area contributed by atoms with Crippen LogP contribution in [0.1, 0.15) is 18.5 Å². The lowest BCUT2D eigenvalue weighted by molar-refractivity contribution is 0.0572. The van der Waals surface area contributed by atoms with Gasteiger partial charge in [-0.3, -0.25) is 4.90 Å². The lowest BCUT2D eigenvalue weighted by Gasteiger charge is -2.41. The van der Waals surface area contributed by atoms with E-state index >= 15 is 0 Å². The second-order valence-electron chi connectivity index (χ2n) is 7.20. The van der Waals surface area contributed by atoms with Crippen LogP contribution in [-0.4, -0.2) is 54.4 Å². The first-order chi connectivity index (χ1) is 13.2. The van der Waals surface area contributed by atoms with Gasteiger partial charge in [0.05, 0.1) is 19.3 Å². The number of aliphatic hydroxyl groups is 1. The number of hydrogen-bond acceptors (Lipinski definition) is 4. The third kappa shape index (κ3) is 3.53. The van der Waals surface area contributed by atoms with Crippen LogP contribution in [0.3, 0.4) is 0 Å². The van der Waals surface area contributed by atoms with E-state index in [4.69, 9.17) is 4.74 Å². The molecule has 1 aliphatic rings. The molecule has 3 aromatic rings. The number of nitrogens with one attached hydrogen (secondary N) is 1. The Morgan fingerprint density at radius 2 is 1.81 bits per heavy atom. The monoisotopic (exact) mass is 365 g/mol. The molecule has 0 bridgehead atoms. The van der Waals surface area contributed by atoms with E-state index in [2.05, 4.69) is 51.2 Å². The zero-order valence-corrected chi connectivity index (χ0v) is 15.9. The number of fused-ring (bicyclic) bond motifs is 1. The first kappa shape index (κ1) is 17.9. The van der Waals surface area contributed by atoms with Crippen molar-refractivity contribution in [1.82, 2.24) is 9.88 Å². The highest BCUT2D eigenvalue weighted by atomic mass is 16.5. The minimum atomic E-state index is -0.436.